The molecule has 0 unspecified atom stereocenters. The molecule has 88 valence electrons. The Labute approximate surface area is 95.4 Å². The van der Waals surface area contributed by atoms with Gasteiger partial charge in [0.1, 0.15) is 12.4 Å². The van der Waals surface area contributed by atoms with E-state index >= 15 is 0 Å². The van der Waals surface area contributed by atoms with Gasteiger partial charge in [-0.1, -0.05) is 0 Å². The van der Waals surface area contributed by atoms with Crippen LogP contribution < -0.4 is 0 Å². The number of hydrogen-bond donors (Lipinski definition) is 0. The van der Waals surface area contributed by atoms with E-state index in [1.54, 1.807) is 13.0 Å². The molecule has 0 aliphatic carbocycles. The third-order valence-corrected chi connectivity index (χ3v) is 2.00. The van der Waals surface area contributed by atoms with Crippen molar-refractivity contribution in [3.8, 4) is 0 Å². The van der Waals surface area contributed by atoms with Gasteiger partial charge in [-0.15, -0.1) is 0 Å². The largest absolute Gasteiger partial charge is 0.368 e. The Bertz CT molecular complexity index is 371. The molecule has 0 aliphatic rings. The fourth-order valence-electron chi connectivity index (χ4n) is 1.26. The van der Waals surface area contributed by atoms with Crippen LogP contribution >= 0.6 is 0 Å². The van der Waals surface area contributed by atoms with Crippen LogP contribution in [0.25, 0.3) is 0 Å². The van der Waals surface area contributed by atoms with Crippen LogP contribution in [-0.2, 0) is 4.74 Å². The predicted molar refractivity (Wildman–Crippen MR) is 61.2 cm³/mol. The topological polar surface area (TPSA) is 26.3 Å². The zero-order valence-corrected chi connectivity index (χ0v) is 10.1. The summed E-state index contributed by atoms with van der Waals surface area (Å²) in [6.07, 6.45) is 0. The minimum Gasteiger partial charge on any atom is -0.368 e. The van der Waals surface area contributed by atoms with Crippen molar-refractivity contribution < 1.29 is 13.9 Å². The first kappa shape index (κ1) is 12.8. The number of ether oxygens (including phenoxy) is 1. The number of hydrogen-bond acceptors (Lipinski definition) is 2. The van der Waals surface area contributed by atoms with Crippen LogP contribution in [0.2, 0.25) is 0 Å². The van der Waals surface area contributed by atoms with Crippen molar-refractivity contribution in [2.75, 3.05) is 6.61 Å². The Balaban J connectivity index is 2.73. The third kappa shape index (κ3) is 4.11. The number of halogens is 1. The average molecular weight is 224 g/mol. The molecule has 0 radical (unpaired) electrons. The maximum atomic E-state index is 13.1. The quantitative estimate of drug-likeness (QED) is 0.737. The highest BCUT2D eigenvalue weighted by Crippen LogP contribution is 2.12. The Morgan fingerprint density at radius 2 is 1.94 bits per heavy atom. The molecule has 0 bridgehead atoms. The number of carbonyl (C=O) groups is 1. The van der Waals surface area contributed by atoms with Gasteiger partial charge in [0, 0.05) is 5.56 Å². The molecule has 0 saturated carbocycles. The van der Waals surface area contributed by atoms with Crippen molar-refractivity contribution in [1.82, 2.24) is 0 Å². The first-order valence-corrected chi connectivity index (χ1v) is 5.22. The molecule has 0 spiro atoms. The lowest BCUT2D eigenvalue weighted by Gasteiger charge is -2.18. The van der Waals surface area contributed by atoms with Gasteiger partial charge in [-0.3, -0.25) is 4.79 Å². The van der Waals surface area contributed by atoms with E-state index in [0.29, 0.717) is 5.56 Å². The molecule has 1 aromatic carbocycles. The second-order valence-electron chi connectivity index (χ2n) is 4.84. The molecule has 3 heteroatoms. The number of benzene rings is 1. The molecule has 0 aromatic heterocycles. The molecule has 0 aliphatic heterocycles. The fourth-order valence-corrected chi connectivity index (χ4v) is 1.26. The van der Waals surface area contributed by atoms with Crippen molar-refractivity contribution in [3.63, 3.8) is 0 Å². The van der Waals surface area contributed by atoms with Crippen molar-refractivity contribution in [2.24, 2.45) is 0 Å². The monoisotopic (exact) mass is 224 g/mol. The van der Waals surface area contributed by atoms with Crippen LogP contribution in [0.4, 0.5) is 4.39 Å². The summed E-state index contributed by atoms with van der Waals surface area (Å²) in [6, 6.07) is 4.29. The van der Waals surface area contributed by atoms with E-state index in [1.807, 2.05) is 20.8 Å². The molecular weight excluding hydrogens is 207 g/mol. The number of carbonyl (C=O) groups excluding carboxylic acids is 1. The molecule has 0 atom stereocenters. The molecule has 0 heterocycles. The minimum atomic E-state index is -0.390. The summed E-state index contributed by atoms with van der Waals surface area (Å²) >= 11 is 0. The summed E-state index contributed by atoms with van der Waals surface area (Å²) in [6.45, 7) is 7.35. The number of aryl methyl sites for hydroxylation is 1. The predicted octanol–water partition coefficient (Wildman–Crippen LogP) is 3.13. The van der Waals surface area contributed by atoms with E-state index in [9.17, 15) is 9.18 Å². The van der Waals surface area contributed by atoms with E-state index in [4.69, 9.17) is 4.74 Å². The minimum absolute atomic E-state index is 0.0214. The lowest BCUT2D eigenvalue weighted by Crippen LogP contribution is -2.23. The van der Waals surface area contributed by atoms with Crippen LogP contribution in [-0.4, -0.2) is 18.0 Å². The van der Waals surface area contributed by atoms with Crippen molar-refractivity contribution in [3.05, 3.63) is 35.1 Å². The Morgan fingerprint density at radius 3 is 2.44 bits per heavy atom. The van der Waals surface area contributed by atoms with Crippen molar-refractivity contribution in [1.29, 1.82) is 0 Å². The molecule has 0 N–H and O–H groups in total. The SMILES string of the molecule is Cc1cc(F)cc(C(=O)COC(C)(C)C)c1. The summed E-state index contributed by atoms with van der Waals surface area (Å²) < 4.78 is 18.4. The lowest BCUT2D eigenvalue weighted by atomic mass is 10.1. The van der Waals surface area contributed by atoms with Gasteiger partial charge in [-0.2, -0.15) is 0 Å². The van der Waals surface area contributed by atoms with Gasteiger partial charge < -0.3 is 4.74 Å². The van der Waals surface area contributed by atoms with Crippen LogP contribution in [0, 0.1) is 12.7 Å². The normalized spacial score (nSPS) is 11.6. The number of rotatable bonds is 3. The highest BCUT2D eigenvalue weighted by molar-refractivity contribution is 5.97. The Morgan fingerprint density at radius 1 is 1.31 bits per heavy atom. The summed E-state index contributed by atoms with van der Waals surface area (Å²) in [7, 11) is 0. The van der Waals surface area contributed by atoms with E-state index in [0.717, 1.165) is 5.56 Å². The second-order valence-corrected chi connectivity index (χ2v) is 4.84. The highest BCUT2D eigenvalue weighted by atomic mass is 19.1. The molecule has 16 heavy (non-hydrogen) atoms. The first-order chi connectivity index (χ1) is 7.28. The molecule has 0 fully saturated rings. The van der Waals surface area contributed by atoms with Gasteiger partial charge in [0.15, 0.2) is 5.78 Å². The maximum absolute atomic E-state index is 13.1. The third-order valence-electron chi connectivity index (χ3n) is 2.00. The lowest BCUT2D eigenvalue weighted by molar-refractivity contribution is 0.00305. The summed E-state index contributed by atoms with van der Waals surface area (Å²) in [5.74, 6) is -0.586. The molecule has 0 amide bonds. The molecular formula is C13H17FO2. The zero-order valence-electron chi connectivity index (χ0n) is 10.1. The first-order valence-electron chi connectivity index (χ1n) is 5.22. The number of ketones is 1. The molecule has 1 rings (SSSR count). The summed E-state index contributed by atoms with van der Waals surface area (Å²) in [5, 5.41) is 0. The van der Waals surface area contributed by atoms with E-state index in [-0.39, 0.29) is 23.8 Å². The van der Waals surface area contributed by atoms with Gasteiger partial charge >= 0.3 is 0 Å². The van der Waals surface area contributed by atoms with Crippen LogP contribution in [0.3, 0.4) is 0 Å². The second kappa shape index (κ2) is 4.74. The molecule has 0 saturated heterocycles. The van der Waals surface area contributed by atoms with Crippen molar-refractivity contribution >= 4 is 5.78 Å². The van der Waals surface area contributed by atoms with Gasteiger partial charge in [0.25, 0.3) is 0 Å². The van der Waals surface area contributed by atoms with E-state index in [1.165, 1.54) is 12.1 Å². The van der Waals surface area contributed by atoms with Crippen LogP contribution in [0.5, 0.6) is 0 Å². The maximum Gasteiger partial charge on any atom is 0.188 e. The van der Waals surface area contributed by atoms with Gasteiger partial charge in [0.2, 0.25) is 0 Å². The van der Waals surface area contributed by atoms with E-state index in [2.05, 4.69) is 0 Å². The van der Waals surface area contributed by atoms with Crippen LogP contribution in [0.15, 0.2) is 18.2 Å². The number of Topliss-reactive ketones (excluding diaryl/α,β-unsaturated/α-hetero) is 1. The smallest absolute Gasteiger partial charge is 0.188 e. The summed E-state index contributed by atoms with van der Waals surface area (Å²) in [5.41, 5.74) is 0.735. The summed E-state index contributed by atoms with van der Waals surface area (Å²) in [4.78, 5) is 11.7. The zero-order chi connectivity index (χ0) is 12.3. The van der Waals surface area contributed by atoms with Gasteiger partial charge in [-0.25, -0.2) is 4.39 Å². The standard InChI is InChI=1S/C13H17FO2/c1-9-5-10(7-11(14)6-9)12(15)8-16-13(2,3)4/h5-7H,8H2,1-4H3. The Hall–Kier alpha value is -1.22. The molecule has 1 aromatic rings. The van der Waals surface area contributed by atoms with Gasteiger partial charge in [-0.05, 0) is 51.5 Å². The van der Waals surface area contributed by atoms with Crippen molar-refractivity contribution in [2.45, 2.75) is 33.3 Å². The average Bonchev–Trinajstić information content (AvgIpc) is 2.11. The van der Waals surface area contributed by atoms with Gasteiger partial charge in [0.05, 0.1) is 5.60 Å². The van der Waals surface area contributed by atoms with Crippen LogP contribution in [0.1, 0.15) is 36.7 Å². The highest BCUT2D eigenvalue weighted by Gasteiger charge is 2.14. The Kier molecular flexibility index (Phi) is 3.81. The molecule has 2 nitrogen and oxygen atoms in total. The van der Waals surface area contributed by atoms with E-state index < -0.39 is 0 Å². The fraction of sp³-hybridized carbons (Fsp3) is 0.462.